The van der Waals surface area contributed by atoms with E-state index in [4.69, 9.17) is 22.7 Å². The minimum absolute atomic E-state index is 0.389. The third-order valence-electron chi connectivity index (χ3n) is 3.31. The number of fused-ring (bicyclic) bond motifs is 1. The Hall–Kier alpha value is -2.14. The molecule has 1 aromatic carbocycles. The van der Waals surface area contributed by atoms with Crippen molar-refractivity contribution in [3.8, 4) is 5.75 Å². The molecule has 0 fully saturated rings. The van der Waals surface area contributed by atoms with Gasteiger partial charge in [-0.1, -0.05) is 30.4 Å². The minimum atomic E-state index is 0.389. The molecule has 1 aromatic heterocycles. The van der Waals surface area contributed by atoms with Crippen LogP contribution >= 0.6 is 12.2 Å². The number of pyridine rings is 1. The lowest BCUT2D eigenvalue weighted by molar-refractivity contribution is 0.331. The van der Waals surface area contributed by atoms with Crippen LogP contribution in [-0.2, 0) is 6.54 Å². The smallest absolute Gasteiger partial charge is 0.129 e. The van der Waals surface area contributed by atoms with Crippen LogP contribution in [-0.4, -0.2) is 23.1 Å². The highest BCUT2D eigenvalue weighted by molar-refractivity contribution is 7.80. The van der Waals surface area contributed by atoms with Gasteiger partial charge in [-0.25, -0.2) is 4.98 Å². The van der Waals surface area contributed by atoms with E-state index in [2.05, 4.69) is 16.0 Å². The number of benzene rings is 1. The van der Waals surface area contributed by atoms with Crippen molar-refractivity contribution in [2.75, 3.05) is 18.1 Å². The maximum atomic E-state index is 5.76. The summed E-state index contributed by atoms with van der Waals surface area (Å²) in [7, 11) is 0. The first-order valence-corrected chi connectivity index (χ1v) is 6.86. The van der Waals surface area contributed by atoms with E-state index in [1.807, 2.05) is 30.3 Å². The third kappa shape index (κ3) is 2.58. The van der Waals surface area contributed by atoms with Crippen LogP contribution in [0, 0.1) is 0 Å². The molecule has 0 bridgehead atoms. The fourth-order valence-corrected chi connectivity index (χ4v) is 2.39. The highest BCUT2D eigenvalue weighted by Gasteiger charge is 2.16. The summed E-state index contributed by atoms with van der Waals surface area (Å²) in [5.41, 5.74) is 7.68. The Morgan fingerprint density at radius 2 is 2.15 bits per heavy atom. The van der Waals surface area contributed by atoms with E-state index in [0.717, 1.165) is 35.8 Å². The average molecular weight is 285 g/mol. The average Bonchev–Trinajstić information content (AvgIpc) is 2.69. The van der Waals surface area contributed by atoms with Crippen LogP contribution in [0.4, 0.5) is 5.82 Å². The second-order valence-electron chi connectivity index (χ2n) is 4.64. The molecule has 2 heterocycles. The monoisotopic (exact) mass is 285 g/mol. The van der Waals surface area contributed by atoms with Crippen molar-refractivity contribution in [2.24, 2.45) is 5.73 Å². The van der Waals surface area contributed by atoms with Gasteiger partial charge in [0, 0.05) is 23.9 Å². The molecule has 0 radical (unpaired) electrons. The summed E-state index contributed by atoms with van der Waals surface area (Å²) in [4.78, 5) is 6.98. The zero-order valence-electron chi connectivity index (χ0n) is 11.0. The van der Waals surface area contributed by atoms with E-state index in [1.165, 1.54) is 0 Å². The summed E-state index contributed by atoms with van der Waals surface area (Å²) in [5, 5.41) is 0. The normalized spacial score (nSPS) is 14.1. The Morgan fingerprint density at radius 3 is 3.00 bits per heavy atom. The standard InChI is InChI=1S/C15H15N3OS/c16-15(20)11-5-6-17-14(9-11)18-7-8-19-13-4-2-1-3-12(13)10-18/h1-6,9H,7-8,10H2,(H2,16,20). The van der Waals surface area contributed by atoms with Crippen molar-refractivity contribution >= 4 is 23.0 Å². The van der Waals surface area contributed by atoms with Gasteiger partial charge in [-0.05, 0) is 18.2 Å². The van der Waals surface area contributed by atoms with Crippen molar-refractivity contribution in [3.63, 3.8) is 0 Å². The summed E-state index contributed by atoms with van der Waals surface area (Å²) in [6.07, 6.45) is 1.74. The number of para-hydroxylation sites is 1. The van der Waals surface area contributed by atoms with Gasteiger partial charge >= 0.3 is 0 Å². The van der Waals surface area contributed by atoms with Gasteiger partial charge in [-0.3, -0.25) is 0 Å². The van der Waals surface area contributed by atoms with E-state index >= 15 is 0 Å². The summed E-state index contributed by atoms with van der Waals surface area (Å²) < 4.78 is 5.76. The summed E-state index contributed by atoms with van der Waals surface area (Å²) >= 11 is 5.02. The van der Waals surface area contributed by atoms with Crippen molar-refractivity contribution in [2.45, 2.75) is 6.54 Å². The van der Waals surface area contributed by atoms with Crippen LogP contribution in [0.15, 0.2) is 42.6 Å². The molecule has 0 saturated heterocycles. The van der Waals surface area contributed by atoms with E-state index in [0.29, 0.717) is 11.6 Å². The topological polar surface area (TPSA) is 51.4 Å². The second-order valence-corrected chi connectivity index (χ2v) is 5.08. The van der Waals surface area contributed by atoms with Gasteiger partial charge in [0.25, 0.3) is 0 Å². The Balaban J connectivity index is 1.91. The van der Waals surface area contributed by atoms with E-state index in [9.17, 15) is 0 Å². The van der Waals surface area contributed by atoms with Gasteiger partial charge < -0.3 is 15.4 Å². The molecule has 20 heavy (non-hydrogen) atoms. The summed E-state index contributed by atoms with van der Waals surface area (Å²) in [6, 6.07) is 11.8. The molecule has 2 aromatic rings. The molecule has 0 atom stereocenters. The first-order chi connectivity index (χ1) is 9.74. The quantitative estimate of drug-likeness (QED) is 0.857. The number of aromatic nitrogens is 1. The maximum Gasteiger partial charge on any atom is 0.129 e. The van der Waals surface area contributed by atoms with Crippen LogP contribution < -0.4 is 15.4 Å². The van der Waals surface area contributed by atoms with E-state index in [-0.39, 0.29) is 0 Å². The third-order valence-corrected chi connectivity index (χ3v) is 3.54. The molecular formula is C15H15N3OS. The Bertz CT molecular complexity index is 645. The van der Waals surface area contributed by atoms with Gasteiger partial charge in [-0.15, -0.1) is 0 Å². The fourth-order valence-electron chi connectivity index (χ4n) is 2.27. The van der Waals surface area contributed by atoms with Crippen LogP contribution in [0.2, 0.25) is 0 Å². The Morgan fingerprint density at radius 1 is 1.30 bits per heavy atom. The zero-order valence-corrected chi connectivity index (χ0v) is 11.8. The van der Waals surface area contributed by atoms with Crippen LogP contribution in [0.25, 0.3) is 0 Å². The largest absolute Gasteiger partial charge is 0.491 e. The SMILES string of the molecule is NC(=S)c1ccnc(N2CCOc3ccccc3C2)c1. The van der Waals surface area contributed by atoms with Crippen LogP contribution in [0.1, 0.15) is 11.1 Å². The molecule has 0 amide bonds. The Labute approximate surface area is 123 Å². The van der Waals surface area contributed by atoms with Gasteiger partial charge in [0.05, 0.1) is 6.54 Å². The van der Waals surface area contributed by atoms with Gasteiger partial charge in [0.1, 0.15) is 23.2 Å². The number of ether oxygens (including phenoxy) is 1. The van der Waals surface area contributed by atoms with Crippen molar-refractivity contribution in [1.29, 1.82) is 0 Å². The lowest BCUT2D eigenvalue weighted by Crippen LogP contribution is -2.26. The zero-order chi connectivity index (χ0) is 13.9. The number of nitrogens with zero attached hydrogens (tertiary/aromatic N) is 2. The lowest BCUT2D eigenvalue weighted by atomic mass is 10.2. The van der Waals surface area contributed by atoms with Gasteiger partial charge in [0.15, 0.2) is 0 Å². The van der Waals surface area contributed by atoms with Gasteiger partial charge in [-0.2, -0.15) is 0 Å². The number of thiocarbonyl (C=S) groups is 1. The van der Waals surface area contributed by atoms with Crippen molar-refractivity contribution < 1.29 is 4.74 Å². The van der Waals surface area contributed by atoms with E-state index < -0.39 is 0 Å². The number of hydrogen-bond acceptors (Lipinski definition) is 4. The van der Waals surface area contributed by atoms with Crippen molar-refractivity contribution in [1.82, 2.24) is 4.98 Å². The van der Waals surface area contributed by atoms with Crippen molar-refractivity contribution in [3.05, 3.63) is 53.7 Å². The molecule has 3 rings (SSSR count). The number of nitrogens with two attached hydrogens (primary N) is 1. The molecule has 4 nitrogen and oxygen atoms in total. The maximum absolute atomic E-state index is 5.76. The first-order valence-electron chi connectivity index (χ1n) is 6.45. The molecular weight excluding hydrogens is 270 g/mol. The van der Waals surface area contributed by atoms with Crippen LogP contribution in [0.5, 0.6) is 5.75 Å². The van der Waals surface area contributed by atoms with E-state index in [1.54, 1.807) is 6.20 Å². The predicted molar refractivity (Wildman–Crippen MR) is 83.1 cm³/mol. The number of hydrogen-bond donors (Lipinski definition) is 1. The highest BCUT2D eigenvalue weighted by atomic mass is 32.1. The molecule has 0 spiro atoms. The molecule has 1 aliphatic heterocycles. The fraction of sp³-hybridized carbons (Fsp3) is 0.200. The molecule has 0 aliphatic carbocycles. The molecule has 0 saturated carbocycles. The predicted octanol–water partition coefficient (Wildman–Crippen LogP) is 2.11. The Kier molecular flexibility index (Phi) is 3.52. The summed E-state index contributed by atoms with van der Waals surface area (Å²) in [5.74, 6) is 1.82. The number of anilines is 1. The van der Waals surface area contributed by atoms with Crippen LogP contribution in [0.3, 0.4) is 0 Å². The summed E-state index contributed by atoms with van der Waals surface area (Å²) in [6.45, 7) is 2.18. The molecule has 2 N–H and O–H groups in total. The molecule has 102 valence electrons. The second kappa shape index (κ2) is 5.46. The first kappa shape index (κ1) is 12.9. The molecule has 1 aliphatic rings. The number of rotatable bonds is 2. The minimum Gasteiger partial charge on any atom is -0.491 e. The van der Waals surface area contributed by atoms with Gasteiger partial charge in [0.2, 0.25) is 0 Å². The highest BCUT2D eigenvalue weighted by Crippen LogP contribution is 2.25. The lowest BCUT2D eigenvalue weighted by Gasteiger charge is -2.21. The molecule has 0 unspecified atom stereocenters. The molecule has 5 heteroatoms.